The topological polar surface area (TPSA) is 54.5 Å². The zero-order valence-electron chi connectivity index (χ0n) is 13.8. The van der Waals surface area contributed by atoms with E-state index in [9.17, 15) is 4.79 Å². The van der Waals surface area contributed by atoms with Crippen LogP contribution in [0.3, 0.4) is 0 Å². The molecule has 1 aromatic heterocycles. The molecular formula is C19H18BrN3O2. The van der Waals surface area contributed by atoms with Crippen LogP contribution in [0.15, 0.2) is 64.4 Å². The number of hydrazine groups is 1. The first-order valence-electron chi connectivity index (χ1n) is 8.20. The lowest BCUT2D eigenvalue weighted by Crippen LogP contribution is -2.32. The quantitative estimate of drug-likeness (QED) is 0.798. The lowest BCUT2D eigenvalue weighted by molar-refractivity contribution is -0.136. The van der Waals surface area contributed by atoms with Gasteiger partial charge in [0.1, 0.15) is 0 Å². The zero-order valence-corrected chi connectivity index (χ0v) is 15.4. The molecule has 2 aromatic rings. The van der Waals surface area contributed by atoms with Crippen LogP contribution in [0, 0.1) is 5.92 Å². The number of carbonyl (C=O) groups excluding carboxylic acids is 1. The van der Waals surface area contributed by atoms with Crippen molar-refractivity contribution in [3.63, 3.8) is 0 Å². The number of anilines is 1. The largest absolute Gasteiger partial charge is 0.466 e. The van der Waals surface area contributed by atoms with Crippen molar-refractivity contribution >= 4 is 27.6 Å². The van der Waals surface area contributed by atoms with Crippen LogP contribution in [0.5, 0.6) is 0 Å². The number of benzene rings is 1. The van der Waals surface area contributed by atoms with E-state index in [-0.39, 0.29) is 11.9 Å². The molecule has 1 aliphatic heterocycles. The number of hydrogen-bond donors (Lipinski definition) is 1. The molecule has 0 radical (unpaired) electrons. The van der Waals surface area contributed by atoms with Gasteiger partial charge in [0.25, 0.3) is 0 Å². The van der Waals surface area contributed by atoms with Gasteiger partial charge < -0.3 is 4.74 Å². The molecular weight excluding hydrogens is 382 g/mol. The maximum absolute atomic E-state index is 12.3. The fraction of sp³-hybridized carbons (Fsp3) is 0.263. The predicted molar refractivity (Wildman–Crippen MR) is 98.8 cm³/mol. The minimum absolute atomic E-state index is 0.262. The van der Waals surface area contributed by atoms with Gasteiger partial charge in [0, 0.05) is 34.7 Å². The summed E-state index contributed by atoms with van der Waals surface area (Å²) in [6.07, 6.45) is 2.80. The minimum Gasteiger partial charge on any atom is -0.466 e. The molecule has 0 spiro atoms. The number of pyridine rings is 1. The van der Waals surface area contributed by atoms with Crippen molar-refractivity contribution in [1.82, 2.24) is 10.4 Å². The van der Waals surface area contributed by atoms with E-state index >= 15 is 0 Å². The molecule has 6 heteroatoms. The number of allylic oxidation sites excluding steroid dienone is 1. The Morgan fingerprint density at radius 3 is 2.88 bits per heavy atom. The van der Waals surface area contributed by atoms with E-state index in [0.29, 0.717) is 18.0 Å². The highest BCUT2D eigenvalue weighted by molar-refractivity contribution is 9.10. The second-order valence-electron chi connectivity index (χ2n) is 6.21. The van der Waals surface area contributed by atoms with Gasteiger partial charge in [-0.2, -0.15) is 0 Å². The van der Waals surface area contributed by atoms with E-state index in [2.05, 4.69) is 32.4 Å². The first-order chi connectivity index (χ1) is 12.2. The zero-order chi connectivity index (χ0) is 17.4. The smallest absolute Gasteiger partial charge is 0.336 e. The maximum atomic E-state index is 12.3. The number of methoxy groups -OCH3 is 1. The third-order valence-electron chi connectivity index (χ3n) is 4.67. The van der Waals surface area contributed by atoms with Gasteiger partial charge in [0.05, 0.1) is 24.1 Å². The molecule has 0 bridgehead atoms. The Morgan fingerprint density at radius 2 is 2.16 bits per heavy atom. The highest BCUT2D eigenvalue weighted by atomic mass is 79.9. The highest BCUT2D eigenvalue weighted by Gasteiger charge is 2.48. The molecule has 5 nitrogen and oxygen atoms in total. The molecule has 0 amide bonds. The van der Waals surface area contributed by atoms with Crippen LogP contribution < -0.4 is 10.4 Å². The molecule has 0 saturated heterocycles. The van der Waals surface area contributed by atoms with Crippen molar-refractivity contribution in [2.45, 2.75) is 12.3 Å². The molecule has 2 aliphatic rings. The molecule has 1 aliphatic carbocycles. The standard InChI is InChI=1S/C19H18BrN3O2/c1-25-19(24)16-11-22-23(13-6-4-5-12(20)9-13)18(16)15-10-14(15)17-7-2-3-8-21-17/h2-9,14-15,22H,10-11H2,1H3. The SMILES string of the molecule is COC(=O)C1=C(C2CC2c2ccccn2)N(c2cccc(Br)c2)NC1. The summed E-state index contributed by atoms with van der Waals surface area (Å²) in [4.78, 5) is 16.8. The molecule has 25 heavy (non-hydrogen) atoms. The van der Waals surface area contributed by atoms with Crippen molar-refractivity contribution in [2.75, 3.05) is 18.7 Å². The molecule has 1 fully saturated rings. The number of nitrogens with zero attached hydrogens (tertiary/aromatic N) is 2. The average Bonchev–Trinajstić information content (AvgIpc) is 3.32. The molecule has 1 saturated carbocycles. The van der Waals surface area contributed by atoms with Crippen molar-refractivity contribution in [1.29, 1.82) is 0 Å². The molecule has 2 heterocycles. The fourth-order valence-corrected chi connectivity index (χ4v) is 3.81. The van der Waals surface area contributed by atoms with Crippen LogP contribution >= 0.6 is 15.9 Å². The van der Waals surface area contributed by atoms with Gasteiger partial charge in [0.2, 0.25) is 0 Å². The van der Waals surface area contributed by atoms with Crippen LogP contribution in [0.25, 0.3) is 0 Å². The van der Waals surface area contributed by atoms with E-state index in [4.69, 9.17) is 4.74 Å². The summed E-state index contributed by atoms with van der Waals surface area (Å²) < 4.78 is 6.00. The number of ether oxygens (including phenoxy) is 1. The minimum atomic E-state index is -0.272. The third kappa shape index (κ3) is 3.07. The Kier molecular flexibility index (Phi) is 4.31. The normalized spacial score (nSPS) is 22.2. The Hall–Kier alpha value is -2.18. The summed E-state index contributed by atoms with van der Waals surface area (Å²) in [6, 6.07) is 14.0. The van der Waals surface area contributed by atoms with Gasteiger partial charge >= 0.3 is 5.97 Å². The summed E-state index contributed by atoms with van der Waals surface area (Å²) in [5.41, 5.74) is 7.10. The molecule has 2 unspecified atom stereocenters. The number of carbonyl (C=O) groups is 1. The van der Waals surface area contributed by atoms with Crippen LogP contribution in [-0.2, 0) is 9.53 Å². The molecule has 2 atom stereocenters. The van der Waals surface area contributed by atoms with Crippen molar-refractivity contribution in [3.8, 4) is 0 Å². The molecule has 4 rings (SSSR count). The summed E-state index contributed by atoms with van der Waals surface area (Å²) >= 11 is 3.52. The van der Waals surface area contributed by atoms with E-state index < -0.39 is 0 Å². The van der Waals surface area contributed by atoms with Crippen molar-refractivity contribution < 1.29 is 9.53 Å². The molecule has 128 valence electrons. The van der Waals surface area contributed by atoms with Crippen LogP contribution in [0.4, 0.5) is 5.69 Å². The number of esters is 1. The Morgan fingerprint density at radius 1 is 1.28 bits per heavy atom. The Labute approximate surface area is 154 Å². The highest BCUT2D eigenvalue weighted by Crippen LogP contribution is 2.53. The number of nitrogens with one attached hydrogen (secondary N) is 1. The monoisotopic (exact) mass is 399 g/mol. The second kappa shape index (κ2) is 6.61. The van der Waals surface area contributed by atoms with Crippen molar-refractivity contribution in [2.24, 2.45) is 5.92 Å². The molecule has 1 N–H and O–H groups in total. The summed E-state index contributed by atoms with van der Waals surface area (Å²) in [6.45, 7) is 0.472. The lowest BCUT2D eigenvalue weighted by Gasteiger charge is -2.23. The van der Waals surface area contributed by atoms with Crippen molar-refractivity contribution in [3.05, 3.63) is 70.1 Å². The van der Waals surface area contributed by atoms with E-state index in [1.807, 2.05) is 47.6 Å². The predicted octanol–water partition coefficient (Wildman–Crippen LogP) is 3.40. The van der Waals surface area contributed by atoms with Gasteiger partial charge in [-0.25, -0.2) is 10.2 Å². The number of rotatable bonds is 4. The maximum Gasteiger partial charge on any atom is 0.336 e. The van der Waals surface area contributed by atoms with E-state index in [1.54, 1.807) is 0 Å². The van der Waals surface area contributed by atoms with Gasteiger partial charge in [-0.3, -0.25) is 9.99 Å². The fourth-order valence-electron chi connectivity index (χ4n) is 3.42. The number of hydrogen-bond acceptors (Lipinski definition) is 5. The Bertz CT molecular complexity index is 838. The summed E-state index contributed by atoms with van der Waals surface area (Å²) in [5, 5.41) is 2.02. The second-order valence-corrected chi connectivity index (χ2v) is 7.12. The summed E-state index contributed by atoms with van der Waals surface area (Å²) in [5.74, 6) is 0.329. The third-order valence-corrected chi connectivity index (χ3v) is 5.16. The van der Waals surface area contributed by atoms with Gasteiger partial charge in [0.15, 0.2) is 0 Å². The summed E-state index contributed by atoms with van der Waals surface area (Å²) in [7, 11) is 1.43. The Balaban J connectivity index is 1.70. The average molecular weight is 400 g/mol. The van der Waals surface area contributed by atoms with Gasteiger partial charge in [-0.1, -0.05) is 28.1 Å². The van der Waals surface area contributed by atoms with Gasteiger partial charge in [-0.15, -0.1) is 0 Å². The van der Waals surface area contributed by atoms with E-state index in [0.717, 1.165) is 28.0 Å². The molecule has 1 aromatic carbocycles. The first kappa shape index (κ1) is 16.3. The lowest BCUT2D eigenvalue weighted by atomic mass is 10.1. The number of halogens is 1. The number of aromatic nitrogens is 1. The van der Waals surface area contributed by atoms with Crippen LogP contribution in [0.2, 0.25) is 0 Å². The van der Waals surface area contributed by atoms with Crippen LogP contribution in [0.1, 0.15) is 18.0 Å². The van der Waals surface area contributed by atoms with Gasteiger partial charge in [-0.05, 0) is 36.8 Å². The van der Waals surface area contributed by atoms with Crippen LogP contribution in [-0.4, -0.2) is 24.6 Å². The first-order valence-corrected chi connectivity index (χ1v) is 9.00. The van der Waals surface area contributed by atoms with E-state index in [1.165, 1.54) is 7.11 Å².